The van der Waals surface area contributed by atoms with Gasteiger partial charge in [-0.25, -0.2) is 0 Å². The normalized spacial score (nSPS) is 17.0. The van der Waals surface area contributed by atoms with Gasteiger partial charge in [0.25, 0.3) is 0 Å². The summed E-state index contributed by atoms with van der Waals surface area (Å²) in [5, 5.41) is 11.4. The highest BCUT2D eigenvalue weighted by Crippen LogP contribution is 2.34. The second-order valence-corrected chi connectivity index (χ2v) is 5.71. The summed E-state index contributed by atoms with van der Waals surface area (Å²) in [6, 6.07) is 4.47. The van der Waals surface area contributed by atoms with E-state index in [0.717, 1.165) is 43.7 Å². The van der Waals surface area contributed by atoms with Crippen LogP contribution in [-0.4, -0.2) is 40.7 Å². The zero-order chi connectivity index (χ0) is 15.4. The first kappa shape index (κ1) is 14.7. The van der Waals surface area contributed by atoms with E-state index in [-0.39, 0.29) is 6.04 Å². The van der Waals surface area contributed by atoms with Crippen molar-refractivity contribution in [2.75, 3.05) is 18.5 Å². The van der Waals surface area contributed by atoms with E-state index in [1.807, 2.05) is 12.3 Å². The van der Waals surface area contributed by atoms with Crippen LogP contribution in [0.5, 0.6) is 0 Å². The molecule has 0 fully saturated rings. The molecule has 3 rings (SSSR count). The number of aromatic amines is 1. The van der Waals surface area contributed by atoms with Crippen LogP contribution in [0.4, 0.5) is 5.82 Å². The summed E-state index contributed by atoms with van der Waals surface area (Å²) in [6.45, 7) is 4.28. The summed E-state index contributed by atoms with van der Waals surface area (Å²) in [4.78, 5) is 10.7. The summed E-state index contributed by atoms with van der Waals surface area (Å²) in [5.74, 6) is 0.924. The van der Waals surface area contributed by atoms with Crippen molar-refractivity contribution in [3.05, 3.63) is 35.3 Å². The number of nitrogens with zero attached hydrogens (tertiary/aromatic N) is 5. The summed E-state index contributed by atoms with van der Waals surface area (Å²) in [5.41, 5.74) is 3.53. The Balaban J connectivity index is 1.82. The van der Waals surface area contributed by atoms with Gasteiger partial charge < -0.3 is 9.89 Å². The Bertz CT molecular complexity index is 635. The van der Waals surface area contributed by atoms with Gasteiger partial charge in [-0.1, -0.05) is 6.07 Å². The fourth-order valence-corrected chi connectivity index (χ4v) is 3.17. The van der Waals surface area contributed by atoms with Crippen LogP contribution in [0.2, 0.25) is 0 Å². The molecule has 0 saturated heterocycles. The Morgan fingerprint density at radius 1 is 1.45 bits per heavy atom. The molecule has 2 heterocycles. The van der Waals surface area contributed by atoms with E-state index in [1.54, 1.807) is 0 Å². The molecule has 1 unspecified atom stereocenters. The number of pyridine rings is 1. The van der Waals surface area contributed by atoms with Crippen LogP contribution in [0.15, 0.2) is 23.3 Å². The van der Waals surface area contributed by atoms with Crippen LogP contribution in [-0.2, 0) is 12.8 Å². The van der Waals surface area contributed by atoms with Crippen LogP contribution in [0.3, 0.4) is 0 Å². The third-order valence-corrected chi connectivity index (χ3v) is 4.30. The number of anilines is 1. The highest BCUT2D eigenvalue weighted by Gasteiger charge is 2.27. The van der Waals surface area contributed by atoms with Crippen LogP contribution in [0.1, 0.15) is 42.3 Å². The molecule has 6 heteroatoms. The van der Waals surface area contributed by atoms with E-state index in [4.69, 9.17) is 0 Å². The van der Waals surface area contributed by atoms with Crippen molar-refractivity contribution in [1.82, 2.24) is 20.4 Å². The SMILES string of the molecule is C=NCCCc1n[nH]nc1N(C)C1CCCc2cccnc21. The van der Waals surface area contributed by atoms with Crippen LogP contribution < -0.4 is 4.90 Å². The lowest BCUT2D eigenvalue weighted by molar-refractivity contribution is 0.525. The number of aryl methyl sites for hydroxylation is 2. The zero-order valence-electron chi connectivity index (χ0n) is 13.0. The van der Waals surface area contributed by atoms with Gasteiger partial charge in [-0.05, 0) is 50.5 Å². The van der Waals surface area contributed by atoms with Crippen molar-refractivity contribution < 1.29 is 0 Å². The van der Waals surface area contributed by atoms with E-state index >= 15 is 0 Å². The summed E-state index contributed by atoms with van der Waals surface area (Å²) >= 11 is 0. The number of aliphatic imine (C=N–C) groups is 1. The highest BCUT2D eigenvalue weighted by molar-refractivity contribution is 5.45. The predicted octanol–water partition coefficient (Wildman–Crippen LogP) is 2.35. The minimum atomic E-state index is 0.270. The van der Waals surface area contributed by atoms with Crippen molar-refractivity contribution in [2.45, 2.75) is 38.1 Å². The molecule has 0 radical (unpaired) electrons. The lowest BCUT2D eigenvalue weighted by atomic mass is 9.91. The lowest BCUT2D eigenvalue weighted by Crippen LogP contribution is -2.29. The van der Waals surface area contributed by atoms with Crippen LogP contribution in [0, 0.1) is 0 Å². The molecule has 0 spiro atoms. The zero-order valence-corrected chi connectivity index (χ0v) is 13.0. The first-order chi connectivity index (χ1) is 10.8. The first-order valence-corrected chi connectivity index (χ1v) is 7.80. The number of rotatable bonds is 6. The molecule has 1 N–H and O–H groups in total. The monoisotopic (exact) mass is 298 g/mol. The van der Waals surface area contributed by atoms with Gasteiger partial charge in [0, 0.05) is 19.8 Å². The van der Waals surface area contributed by atoms with E-state index in [2.05, 4.69) is 50.1 Å². The average Bonchev–Trinajstić information content (AvgIpc) is 3.02. The fourth-order valence-electron chi connectivity index (χ4n) is 3.17. The molecule has 116 valence electrons. The van der Waals surface area contributed by atoms with E-state index in [9.17, 15) is 0 Å². The van der Waals surface area contributed by atoms with Crippen LogP contribution >= 0.6 is 0 Å². The minimum absolute atomic E-state index is 0.270. The second-order valence-electron chi connectivity index (χ2n) is 5.71. The molecule has 0 amide bonds. The van der Waals surface area contributed by atoms with Gasteiger partial charge in [0.2, 0.25) is 0 Å². The molecular formula is C16H22N6. The van der Waals surface area contributed by atoms with Crippen LogP contribution in [0.25, 0.3) is 0 Å². The third kappa shape index (κ3) is 2.86. The van der Waals surface area contributed by atoms with Crippen molar-refractivity contribution in [1.29, 1.82) is 0 Å². The van der Waals surface area contributed by atoms with Gasteiger partial charge in [-0.3, -0.25) is 4.98 Å². The third-order valence-electron chi connectivity index (χ3n) is 4.30. The molecule has 1 aliphatic rings. The number of H-pyrrole nitrogens is 1. The predicted molar refractivity (Wildman–Crippen MR) is 87.4 cm³/mol. The van der Waals surface area contributed by atoms with Gasteiger partial charge in [0.1, 0.15) is 5.69 Å². The highest BCUT2D eigenvalue weighted by atomic mass is 15.4. The average molecular weight is 298 g/mol. The van der Waals surface area contributed by atoms with E-state index < -0.39 is 0 Å². The Morgan fingerprint density at radius 2 is 2.36 bits per heavy atom. The van der Waals surface area contributed by atoms with Crippen molar-refractivity contribution in [2.24, 2.45) is 4.99 Å². The van der Waals surface area contributed by atoms with Gasteiger partial charge in [0.05, 0.1) is 11.7 Å². The van der Waals surface area contributed by atoms with Gasteiger partial charge in [-0.15, -0.1) is 5.10 Å². The molecule has 0 saturated carbocycles. The largest absolute Gasteiger partial charge is 0.348 e. The summed E-state index contributed by atoms with van der Waals surface area (Å²) in [7, 11) is 2.08. The van der Waals surface area contributed by atoms with E-state index in [1.165, 1.54) is 17.7 Å². The Kier molecular flexibility index (Phi) is 4.46. The Hall–Kier alpha value is -2.24. The van der Waals surface area contributed by atoms with Crippen molar-refractivity contribution in [3.8, 4) is 0 Å². The summed E-state index contributed by atoms with van der Waals surface area (Å²) in [6.07, 6.45) is 7.07. The number of hydrogen-bond acceptors (Lipinski definition) is 5. The van der Waals surface area contributed by atoms with Gasteiger partial charge in [-0.2, -0.15) is 10.3 Å². The minimum Gasteiger partial charge on any atom is -0.348 e. The van der Waals surface area contributed by atoms with Crippen molar-refractivity contribution >= 4 is 12.5 Å². The van der Waals surface area contributed by atoms with Gasteiger partial charge in [0.15, 0.2) is 5.82 Å². The Morgan fingerprint density at radius 3 is 3.23 bits per heavy atom. The first-order valence-electron chi connectivity index (χ1n) is 7.80. The molecule has 1 aliphatic carbocycles. The fraction of sp³-hybridized carbons (Fsp3) is 0.500. The van der Waals surface area contributed by atoms with Crippen molar-refractivity contribution in [3.63, 3.8) is 0 Å². The topological polar surface area (TPSA) is 70.1 Å². The maximum atomic E-state index is 4.61. The molecular weight excluding hydrogens is 276 g/mol. The maximum absolute atomic E-state index is 4.61. The second kappa shape index (κ2) is 6.68. The molecule has 22 heavy (non-hydrogen) atoms. The lowest BCUT2D eigenvalue weighted by Gasteiger charge is -2.32. The summed E-state index contributed by atoms with van der Waals surface area (Å²) < 4.78 is 0. The number of hydrogen-bond donors (Lipinski definition) is 1. The molecule has 0 aromatic carbocycles. The Labute approximate surface area is 130 Å². The molecule has 0 aliphatic heterocycles. The standard InChI is InChI=1S/C16H22N6/c1-17-10-5-8-13-16(20-21-19-13)22(2)14-9-3-6-12-7-4-11-18-15(12)14/h4,7,11,14H,1,3,5-6,8-10H2,2H3,(H,19,20,21). The number of aromatic nitrogens is 4. The molecule has 0 bridgehead atoms. The molecule has 6 nitrogen and oxygen atoms in total. The smallest absolute Gasteiger partial charge is 0.174 e. The number of fused-ring (bicyclic) bond motifs is 1. The number of nitrogens with one attached hydrogen (secondary N) is 1. The molecule has 2 aromatic heterocycles. The van der Waals surface area contributed by atoms with Gasteiger partial charge >= 0.3 is 0 Å². The molecule has 2 aromatic rings. The maximum Gasteiger partial charge on any atom is 0.174 e. The molecule has 1 atom stereocenters. The quantitative estimate of drug-likeness (QED) is 0.656. The van der Waals surface area contributed by atoms with E-state index in [0.29, 0.717) is 0 Å².